The van der Waals surface area contributed by atoms with Gasteiger partial charge >= 0.3 is 5.97 Å². The van der Waals surface area contributed by atoms with E-state index in [1.54, 1.807) is 6.07 Å². The first-order valence-corrected chi connectivity index (χ1v) is 6.31. The summed E-state index contributed by atoms with van der Waals surface area (Å²) in [5, 5.41) is 4.73. The Bertz CT molecular complexity index is 388. The number of hydrogen-bond donors (Lipinski definition) is 1. The van der Waals surface area contributed by atoms with E-state index in [4.69, 9.17) is 0 Å². The van der Waals surface area contributed by atoms with Crippen molar-refractivity contribution < 1.29 is 14.3 Å². The van der Waals surface area contributed by atoms with Gasteiger partial charge in [-0.1, -0.05) is 13.0 Å². The Morgan fingerprint density at radius 3 is 2.71 bits per heavy atom. The van der Waals surface area contributed by atoms with E-state index < -0.39 is 5.54 Å². The van der Waals surface area contributed by atoms with Crippen LogP contribution in [0.1, 0.15) is 36.4 Å². The largest absolute Gasteiger partial charge is 0.469 e. The summed E-state index contributed by atoms with van der Waals surface area (Å²) < 4.78 is 4.63. The molecule has 0 fully saturated rings. The number of rotatable bonds is 5. The number of nitrogens with one attached hydrogen (secondary N) is 1. The summed E-state index contributed by atoms with van der Waals surface area (Å²) in [6, 6.07) is 3.58. The molecule has 0 aromatic carbocycles. The Kier molecular flexibility index (Phi) is 4.69. The number of carbonyl (C=O) groups is 2. The molecular formula is C12H17NO3S. The van der Waals surface area contributed by atoms with E-state index in [-0.39, 0.29) is 18.3 Å². The fraction of sp³-hybridized carbons (Fsp3) is 0.500. The van der Waals surface area contributed by atoms with Gasteiger partial charge in [0.2, 0.25) is 0 Å². The summed E-state index contributed by atoms with van der Waals surface area (Å²) in [5.41, 5.74) is -0.561. The van der Waals surface area contributed by atoms with Crippen LogP contribution < -0.4 is 5.32 Å². The van der Waals surface area contributed by atoms with E-state index in [2.05, 4.69) is 10.1 Å². The summed E-state index contributed by atoms with van der Waals surface area (Å²) in [6.45, 7) is 3.77. The summed E-state index contributed by atoms with van der Waals surface area (Å²) in [5.74, 6) is -0.464. The van der Waals surface area contributed by atoms with Crippen LogP contribution in [0.15, 0.2) is 17.5 Å². The first-order chi connectivity index (χ1) is 8.00. The van der Waals surface area contributed by atoms with Crippen molar-refractivity contribution in [2.75, 3.05) is 7.11 Å². The third-order valence-corrected chi connectivity index (χ3v) is 3.57. The van der Waals surface area contributed by atoms with Gasteiger partial charge in [-0.2, -0.15) is 0 Å². The van der Waals surface area contributed by atoms with Gasteiger partial charge in [0.25, 0.3) is 5.91 Å². The van der Waals surface area contributed by atoms with Gasteiger partial charge in [-0.15, -0.1) is 11.3 Å². The molecule has 0 saturated heterocycles. The number of thiophene rings is 1. The second kappa shape index (κ2) is 5.82. The van der Waals surface area contributed by atoms with Gasteiger partial charge in [-0.25, -0.2) is 0 Å². The van der Waals surface area contributed by atoms with Crippen LogP contribution in [0.4, 0.5) is 0 Å². The molecule has 0 aliphatic rings. The van der Waals surface area contributed by atoms with Crippen molar-refractivity contribution in [2.24, 2.45) is 0 Å². The number of carbonyl (C=O) groups excluding carboxylic acids is 2. The predicted octanol–water partition coefficient (Wildman–Crippen LogP) is 2.21. The topological polar surface area (TPSA) is 55.4 Å². The molecule has 1 heterocycles. The zero-order valence-electron chi connectivity index (χ0n) is 10.3. The van der Waals surface area contributed by atoms with Crippen molar-refractivity contribution in [1.82, 2.24) is 5.32 Å². The minimum absolute atomic E-state index is 0.145. The maximum atomic E-state index is 11.9. The van der Waals surface area contributed by atoms with Crippen LogP contribution in [0, 0.1) is 0 Å². The van der Waals surface area contributed by atoms with E-state index in [0.29, 0.717) is 11.3 Å². The van der Waals surface area contributed by atoms with Crippen molar-refractivity contribution >= 4 is 23.2 Å². The van der Waals surface area contributed by atoms with E-state index in [9.17, 15) is 9.59 Å². The Balaban J connectivity index is 2.68. The molecule has 17 heavy (non-hydrogen) atoms. The van der Waals surface area contributed by atoms with E-state index in [0.717, 1.165) is 0 Å². The molecule has 1 rings (SSSR count). The first-order valence-electron chi connectivity index (χ1n) is 5.43. The zero-order chi connectivity index (χ0) is 12.9. The number of esters is 1. The highest BCUT2D eigenvalue weighted by molar-refractivity contribution is 7.12. The molecule has 5 heteroatoms. The van der Waals surface area contributed by atoms with Crippen molar-refractivity contribution in [3.63, 3.8) is 0 Å². The van der Waals surface area contributed by atoms with E-state index in [1.165, 1.54) is 18.4 Å². The average molecular weight is 255 g/mol. The lowest BCUT2D eigenvalue weighted by molar-refractivity contribution is -0.142. The molecule has 0 bridgehead atoms. The van der Waals surface area contributed by atoms with Crippen LogP contribution in [0.25, 0.3) is 0 Å². The molecule has 4 nitrogen and oxygen atoms in total. The maximum Gasteiger partial charge on any atom is 0.307 e. The Labute approximate surface area is 105 Å². The lowest BCUT2D eigenvalue weighted by Crippen LogP contribution is -2.47. The van der Waals surface area contributed by atoms with E-state index in [1.807, 2.05) is 25.3 Å². The van der Waals surface area contributed by atoms with Gasteiger partial charge in [0.15, 0.2) is 0 Å². The lowest BCUT2D eigenvalue weighted by Gasteiger charge is -2.28. The zero-order valence-corrected chi connectivity index (χ0v) is 11.1. The van der Waals surface area contributed by atoms with Crippen LogP contribution in [-0.2, 0) is 9.53 Å². The fourth-order valence-electron chi connectivity index (χ4n) is 1.39. The van der Waals surface area contributed by atoms with Crippen molar-refractivity contribution in [1.29, 1.82) is 0 Å². The predicted molar refractivity (Wildman–Crippen MR) is 67.1 cm³/mol. The Morgan fingerprint density at radius 2 is 2.24 bits per heavy atom. The van der Waals surface area contributed by atoms with Crippen molar-refractivity contribution in [2.45, 2.75) is 32.2 Å². The highest BCUT2D eigenvalue weighted by atomic mass is 32.1. The third-order valence-electron chi connectivity index (χ3n) is 2.70. The standard InChI is InChI=1S/C12H17NO3S/c1-4-12(2,8-10(14)16-3)13-11(15)9-6-5-7-17-9/h5-7H,4,8H2,1-3H3,(H,13,15)/t12-/m1/s1. The van der Waals surface area contributed by atoms with Crippen molar-refractivity contribution in [3.05, 3.63) is 22.4 Å². The molecule has 94 valence electrons. The van der Waals surface area contributed by atoms with Crippen LogP contribution >= 0.6 is 11.3 Å². The maximum absolute atomic E-state index is 11.9. The lowest BCUT2D eigenvalue weighted by atomic mass is 9.94. The van der Waals surface area contributed by atoms with Crippen molar-refractivity contribution in [3.8, 4) is 0 Å². The molecule has 0 aliphatic heterocycles. The van der Waals surface area contributed by atoms with Crippen LogP contribution in [0.2, 0.25) is 0 Å². The summed E-state index contributed by atoms with van der Waals surface area (Å²) >= 11 is 1.38. The quantitative estimate of drug-likeness (QED) is 0.821. The fourth-order valence-corrected chi connectivity index (χ4v) is 2.01. The molecule has 0 spiro atoms. The summed E-state index contributed by atoms with van der Waals surface area (Å²) in [7, 11) is 1.35. The second-order valence-corrected chi connectivity index (χ2v) is 5.05. The van der Waals surface area contributed by atoms with E-state index >= 15 is 0 Å². The molecular weight excluding hydrogens is 238 g/mol. The second-order valence-electron chi connectivity index (χ2n) is 4.10. The Hall–Kier alpha value is -1.36. The highest BCUT2D eigenvalue weighted by Gasteiger charge is 2.28. The number of amides is 1. The van der Waals surface area contributed by atoms with Gasteiger partial charge in [-0.3, -0.25) is 9.59 Å². The van der Waals surface area contributed by atoms with Gasteiger partial charge in [0.1, 0.15) is 0 Å². The molecule has 0 aliphatic carbocycles. The monoisotopic (exact) mass is 255 g/mol. The summed E-state index contributed by atoms with van der Waals surface area (Å²) in [6.07, 6.45) is 0.844. The molecule has 1 aromatic heterocycles. The first kappa shape index (κ1) is 13.7. The average Bonchev–Trinajstić information content (AvgIpc) is 2.82. The smallest absolute Gasteiger partial charge is 0.307 e. The van der Waals surface area contributed by atoms with Gasteiger partial charge < -0.3 is 10.1 Å². The number of ether oxygens (including phenoxy) is 1. The molecule has 1 atom stereocenters. The number of hydrogen-bond acceptors (Lipinski definition) is 4. The van der Waals surface area contributed by atoms with Crippen LogP contribution in [0.3, 0.4) is 0 Å². The number of methoxy groups -OCH3 is 1. The third kappa shape index (κ3) is 3.85. The molecule has 0 unspecified atom stereocenters. The highest BCUT2D eigenvalue weighted by Crippen LogP contribution is 2.17. The molecule has 1 N–H and O–H groups in total. The minimum atomic E-state index is -0.561. The Morgan fingerprint density at radius 1 is 1.53 bits per heavy atom. The van der Waals surface area contributed by atoms with Gasteiger partial charge in [0, 0.05) is 5.54 Å². The van der Waals surface area contributed by atoms with Crippen LogP contribution in [0.5, 0.6) is 0 Å². The van der Waals surface area contributed by atoms with Gasteiger partial charge in [0.05, 0.1) is 18.4 Å². The SMILES string of the molecule is CC[C@](C)(CC(=O)OC)NC(=O)c1cccs1. The molecule has 0 radical (unpaired) electrons. The molecule has 1 amide bonds. The van der Waals surface area contributed by atoms with Gasteiger partial charge in [-0.05, 0) is 24.8 Å². The summed E-state index contributed by atoms with van der Waals surface area (Å²) in [4.78, 5) is 23.8. The molecule has 0 saturated carbocycles. The van der Waals surface area contributed by atoms with Crippen LogP contribution in [-0.4, -0.2) is 24.5 Å². The normalized spacial score (nSPS) is 13.8. The minimum Gasteiger partial charge on any atom is -0.469 e. The molecule has 1 aromatic rings.